The molecule has 27 heavy (non-hydrogen) atoms. The number of fused-ring (bicyclic) bond motifs is 1. The van der Waals surface area contributed by atoms with E-state index in [-0.39, 0.29) is 5.82 Å². The molecule has 3 heterocycles. The summed E-state index contributed by atoms with van der Waals surface area (Å²) in [6.07, 6.45) is 6.36. The van der Waals surface area contributed by atoms with Gasteiger partial charge in [0.15, 0.2) is 17.3 Å². The molecule has 1 aliphatic rings. The van der Waals surface area contributed by atoms with Crippen LogP contribution >= 0.6 is 0 Å². The predicted molar refractivity (Wildman–Crippen MR) is 99.1 cm³/mol. The van der Waals surface area contributed by atoms with E-state index in [1.165, 1.54) is 25.0 Å². The molecule has 1 aromatic carbocycles. The molecule has 0 radical (unpaired) electrons. The van der Waals surface area contributed by atoms with E-state index in [4.69, 9.17) is 0 Å². The first kappa shape index (κ1) is 15.9. The topological polar surface area (TPSA) is 72.9 Å². The lowest BCUT2D eigenvalue weighted by atomic mass is 10.2. The average molecular weight is 363 g/mol. The molecule has 5 rings (SSSR count). The minimum absolute atomic E-state index is 0.291. The van der Waals surface area contributed by atoms with Crippen molar-refractivity contribution in [1.29, 1.82) is 0 Å². The van der Waals surface area contributed by atoms with Crippen molar-refractivity contribution in [2.24, 2.45) is 5.92 Å². The van der Waals surface area contributed by atoms with Crippen LogP contribution in [0, 0.1) is 11.7 Å². The number of halogens is 1. The van der Waals surface area contributed by atoms with Gasteiger partial charge in [0.1, 0.15) is 5.82 Å². The molecular formula is C19H18FN7. The SMILES string of the molecule is CC(C1CC1)n1cc(Nc2ccc3nnc(-c4ccc(F)cc4)n3n2)cn1. The van der Waals surface area contributed by atoms with Gasteiger partial charge in [0.2, 0.25) is 0 Å². The van der Waals surface area contributed by atoms with Gasteiger partial charge >= 0.3 is 0 Å². The van der Waals surface area contributed by atoms with Crippen LogP contribution < -0.4 is 5.32 Å². The van der Waals surface area contributed by atoms with Gasteiger partial charge in [0, 0.05) is 11.8 Å². The summed E-state index contributed by atoms with van der Waals surface area (Å²) in [6.45, 7) is 2.20. The molecule has 1 N–H and O–H groups in total. The average Bonchev–Trinajstić information content (AvgIpc) is 3.29. The van der Waals surface area contributed by atoms with Crippen LogP contribution in [0.1, 0.15) is 25.8 Å². The van der Waals surface area contributed by atoms with Gasteiger partial charge in [0.25, 0.3) is 0 Å². The molecule has 8 heteroatoms. The summed E-state index contributed by atoms with van der Waals surface area (Å²) in [5.74, 6) is 1.67. The quantitative estimate of drug-likeness (QED) is 0.583. The molecule has 0 aliphatic heterocycles. The third kappa shape index (κ3) is 3.03. The molecule has 4 aromatic rings. The smallest absolute Gasteiger partial charge is 0.185 e. The highest BCUT2D eigenvalue weighted by Crippen LogP contribution is 2.39. The van der Waals surface area contributed by atoms with Gasteiger partial charge in [-0.25, -0.2) is 4.39 Å². The van der Waals surface area contributed by atoms with Crippen LogP contribution in [-0.2, 0) is 0 Å². The first-order chi connectivity index (χ1) is 13.2. The predicted octanol–water partition coefficient (Wildman–Crippen LogP) is 3.84. The second-order valence-corrected chi connectivity index (χ2v) is 6.93. The number of rotatable bonds is 5. The molecule has 1 fully saturated rings. The fraction of sp³-hybridized carbons (Fsp3) is 0.263. The zero-order valence-electron chi connectivity index (χ0n) is 14.7. The first-order valence-electron chi connectivity index (χ1n) is 8.97. The summed E-state index contributed by atoms with van der Waals surface area (Å²) < 4.78 is 16.8. The van der Waals surface area contributed by atoms with Crippen molar-refractivity contribution in [2.45, 2.75) is 25.8 Å². The van der Waals surface area contributed by atoms with Crippen molar-refractivity contribution in [2.75, 3.05) is 5.32 Å². The van der Waals surface area contributed by atoms with Crippen LogP contribution in [0.5, 0.6) is 0 Å². The molecule has 1 aliphatic carbocycles. The Labute approximate surface area is 154 Å². The first-order valence-corrected chi connectivity index (χ1v) is 8.97. The van der Waals surface area contributed by atoms with E-state index < -0.39 is 0 Å². The highest BCUT2D eigenvalue weighted by molar-refractivity contribution is 5.61. The van der Waals surface area contributed by atoms with Gasteiger partial charge in [-0.1, -0.05) is 0 Å². The van der Waals surface area contributed by atoms with Crippen molar-refractivity contribution in [1.82, 2.24) is 29.6 Å². The summed E-state index contributed by atoms with van der Waals surface area (Å²) in [7, 11) is 0. The van der Waals surface area contributed by atoms with Crippen molar-refractivity contribution in [3.05, 3.63) is 54.6 Å². The summed E-state index contributed by atoms with van der Waals surface area (Å²) in [4.78, 5) is 0. The van der Waals surface area contributed by atoms with E-state index in [0.29, 0.717) is 23.3 Å². The lowest BCUT2D eigenvalue weighted by molar-refractivity contribution is 0.440. The lowest BCUT2D eigenvalue weighted by Crippen LogP contribution is -2.07. The summed E-state index contributed by atoms with van der Waals surface area (Å²) in [6, 6.07) is 10.2. The fourth-order valence-corrected chi connectivity index (χ4v) is 3.20. The number of hydrogen-bond acceptors (Lipinski definition) is 5. The largest absolute Gasteiger partial charge is 0.336 e. The second kappa shape index (κ2) is 6.15. The molecule has 7 nitrogen and oxygen atoms in total. The van der Waals surface area contributed by atoms with Gasteiger partial charge < -0.3 is 5.32 Å². The van der Waals surface area contributed by atoms with E-state index in [9.17, 15) is 4.39 Å². The van der Waals surface area contributed by atoms with Gasteiger partial charge in [-0.05, 0) is 62.1 Å². The molecule has 0 spiro atoms. The number of nitrogens with one attached hydrogen (secondary N) is 1. The molecule has 0 saturated heterocycles. The van der Waals surface area contributed by atoms with Gasteiger partial charge in [-0.3, -0.25) is 4.68 Å². The molecule has 1 saturated carbocycles. The second-order valence-electron chi connectivity index (χ2n) is 6.93. The van der Waals surface area contributed by atoms with Crippen LogP contribution in [0.4, 0.5) is 15.9 Å². The monoisotopic (exact) mass is 363 g/mol. The number of anilines is 2. The van der Waals surface area contributed by atoms with Crippen LogP contribution in [0.15, 0.2) is 48.8 Å². The Morgan fingerprint density at radius 3 is 2.70 bits per heavy atom. The summed E-state index contributed by atoms with van der Waals surface area (Å²) in [5, 5.41) is 20.6. The highest BCUT2D eigenvalue weighted by Gasteiger charge is 2.29. The fourth-order valence-electron chi connectivity index (χ4n) is 3.20. The maximum absolute atomic E-state index is 13.2. The Balaban J connectivity index is 1.44. The number of hydrogen-bond donors (Lipinski definition) is 1. The van der Waals surface area contributed by atoms with Gasteiger partial charge in [-0.2, -0.15) is 9.61 Å². The number of nitrogens with zero attached hydrogens (tertiary/aromatic N) is 6. The van der Waals surface area contributed by atoms with E-state index in [0.717, 1.165) is 17.2 Å². The summed E-state index contributed by atoms with van der Waals surface area (Å²) in [5.41, 5.74) is 2.25. The Bertz CT molecular complexity index is 1090. The molecular weight excluding hydrogens is 345 g/mol. The van der Waals surface area contributed by atoms with Crippen LogP contribution in [-0.4, -0.2) is 29.6 Å². The molecule has 0 amide bonds. The standard InChI is InChI=1S/C19H18FN7/c1-12(13-2-3-13)26-11-16(10-21-26)22-17-8-9-18-23-24-19(27(18)25-17)14-4-6-15(20)7-5-14/h4-13H,2-3H2,1H3,(H,22,25). The summed E-state index contributed by atoms with van der Waals surface area (Å²) >= 11 is 0. The number of aromatic nitrogens is 6. The molecule has 1 unspecified atom stereocenters. The third-order valence-electron chi connectivity index (χ3n) is 4.96. The van der Waals surface area contributed by atoms with E-state index in [1.54, 1.807) is 22.8 Å². The Kier molecular flexibility index (Phi) is 3.63. The zero-order valence-corrected chi connectivity index (χ0v) is 14.7. The highest BCUT2D eigenvalue weighted by atomic mass is 19.1. The van der Waals surface area contributed by atoms with Crippen molar-refractivity contribution in [3.63, 3.8) is 0 Å². The Morgan fingerprint density at radius 2 is 1.93 bits per heavy atom. The van der Waals surface area contributed by atoms with E-state index in [2.05, 4.69) is 32.6 Å². The van der Waals surface area contributed by atoms with Crippen LogP contribution in [0.3, 0.4) is 0 Å². The molecule has 1 atom stereocenters. The number of benzene rings is 1. The minimum Gasteiger partial charge on any atom is -0.336 e. The van der Waals surface area contributed by atoms with E-state index in [1.807, 2.05) is 23.0 Å². The maximum Gasteiger partial charge on any atom is 0.185 e. The Hall–Kier alpha value is -3.29. The van der Waals surface area contributed by atoms with Crippen molar-refractivity contribution < 1.29 is 4.39 Å². The normalized spacial score (nSPS) is 15.2. The molecule has 136 valence electrons. The van der Waals surface area contributed by atoms with E-state index >= 15 is 0 Å². The van der Waals surface area contributed by atoms with Crippen LogP contribution in [0.25, 0.3) is 17.0 Å². The van der Waals surface area contributed by atoms with Gasteiger partial charge in [-0.15, -0.1) is 15.3 Å². The molecule has 0 bridgehead atoms. The third-order valence-corrected chi connectivity index (χ3v) is 4.96. The van der Waals surface area contributed by atoms with Crippen LogP contribution in [0.2, 0.25) is 0 Å². The van der Waals surface area contributed by atoms with Gasteiger partial charge in [0.05, 0.1) is 17.9 Å². The minimum atomic E-state index is -0.291. The Morgan fingerprint density at radius 1 is 1.11 bits per heavy atom. The zero-order chi connectivity index (χ0) is 18.4. The van der Waals surface area contributed by atoms with Crippen molar-refractivity contribution >= 4 is 17.2 Å². The molecule has 3 aromatic heterocycles. The lowest BCUT2D eigenvalue weighted by Gasteiger charge is -2.09. The van der Waals surface area contributed by atoms with Crippen molar-refractivity contribution in [3.8, 4) is 11.4 Å². The maximum atomic E-state index is 13.2.